The van der Waals surface area contributed by atoms with Crippen molar-refractivity contribution in [2.75, 3.05) is 12.0 Å². The summed E-state index contributed by atoms with van der Waals surface area (Å²) in [5.41, 5.74) is 5.07. The Morgan fingerprint density at radius 1 is 1.07 bits per heavy atom. The molecule has 1 rings (SSSR count). The van der Waals surface area contributed by atoms with Gasteiger partial charge in [0.15, 0.2) is 9.84 Å². The molecule has 1 aromatic rings. The molecule has 0 aromatic heterocycles. The van der Waals surface area contributed by atoms with Crippen LogP contribution in [0.1, 0.15) is 0 Å². The topological polar surface area (TPSA) is 120 Å². The Kier molecular flexibility index (Phi) is 2.77. The van der Waals surface area contributed by atoms with Gasteiger partial charge < -0.3 is 5.73 Å². The minimum Gasteiger partial charge on any atom is -0.397 e. The van der Waals surface area contributed by atoms with E-state index >= 15 is 0 Å². The highest BCUT2D eigenvalue weighted by Gasteiger charge is 2.19. The number of nitrogens with two attached hydrogens (primary N) is 2. The van der Waals surface area contributed by atoms with E-state index in [-0.39, 0.29) is 15.5 Å². The molecular formula is C7H10N2O4S2. The van der Waals surface area contributed by atoms with Crippen molar-refractivity contribution < 1.29 is 16.8 Å². The summed E-state index contributed by atoms with van der Waals surface area (Å²) in [4.78, 5) is -0.626. The molecule has 15 heavy (non-hydrogen) atoms. The zero-order valence-electron chi connectivity index (χ0n) is 7.84. The van der Waals surface area contributed by atoms with E-state index in [9.17, 15) is 16.8 Å². The molecule has 6 nitrogen and oxygen atoms in total. The SMILES string of the molecule is CS(=O)(=O)c1cccc(S(N)(=O)=O)c1N. The van der Waals surface area contributed by atoms with Gasteiger partial charge in [-0.2, -0.15) is 0 Å². The molecule has 0 spiro atoms. The number of sulfone groups is 1. The number of hydrogen-bond acceptors (Lipinski definition) is 5. The third-order valence-electron chi connectivity index (χ3n) is 1.73. The first-order valence-corrected chi connectivity index (χ1v) is 7.19. The van der Waals surface area contributed by atoms with Crippen molar-refractivity contribution in [2.24, 2.45) is 5.14 Å². The summed E-state index contributed by atoms with van der Waals surface area (Å²) in [6.45, 7) is 0. The molecule has 0 saturated carbocycles. The van der Waals surface area contributed by atoms with Crippen LogP contribution in [0.2, 0.25) is 0 Å². The fourth-order valence-corrected chi connectivity index (χ4v) is 2.68. The predicted octanol–water partition coefficient (Wildman–Crippen LogP) is -0.680. The number of rotatable bonds is 2. The largest absolute Gasteiger partial charge is 0.397 e. The van der Waals surface area contributed by atoms with E-state index in [4.69, 9.17) is 10.9 Å². The Hall–Kier alpha value is -1.12. The molecule has 1 aromatic carbocycles. The van der Waals surface area contributed by atoms with Gasteiger partial charge in [0, 0.05) is 6.26 Å². The molecular weight excluding hydrogens is 240 g/mol. The van der Waals surface area contributed by atoms with Crippen molar-refractivity contribution in [3.05, 3.63) is 18.2 Å². The van der Waals surface area contributed by atoms with Crippen molar-refractivity contribution in [3.63, 3.8) is 0 Å². The molecule has 0 heterocycles. The highest BCUT2D eigenvalue weighted by Crippen LogP contribution is 2.24. The van der Waals surface area contributed by atoms with Crippen LogP contribution in [-0.4, -0.2) is 23.1 Å². The average Bonchev–Trinajstić information content (AvgIpc) is 1.99. The van der Waals surface area contributed by atoms with Gasteiger partial charge in [0.05, 0.1) is 10.6 Å². The normalized spacial score (nSPS) is 12.7. The first kappa shape index (κ1) is 12.0. The second kappa shape index (κ2) is 3.47. The maximum absolute atomic E-state index is 11.2. The van der Waals surface area contributed by atoms with Gasteiger partial charge >= 0.3 is 0 Å². The maximum Gasteiger partial charge on any atom is 0.240 e. The number of primary sulfonamides is 1. The molecule has 0 fully saturated rings. The molecule has 0 radical (unpaired) electrons. The molecule has 0 aliphatic carbocycles. The second-order valence-corrected chi connectivity index (χ2v) is 6.50. The summed E-state index contributed by atoms with van der Waals surface area (Å²) < 4.78 is 44.5. The number of sulfonamides is 1. The van der Waals surface area contributed by atoms with Gasteiger partial charge in [0.25, 0.3) is 0 Å². The van der Waals surface area contributed by atoms with Crippen LogP contribution in [0.4, 0.5) is 5.69 Å². The number of para-hydroxylation sites is 1. The lowest BCUT2D eigenvalue weighted by Crippen LogP contribution is -2.16. The molecule has 4 N–H and O–H groups in total. The van der Waals surface area contributed by atoms with Crippen LogP contribution in [0.25, 0.3) is 0 Å². The molecule has 84 valence electrons. The van der Waals surface area contributed by atoms with Gasteiger partial charge in [-0.1, -0.05) is 6.07 Å². The fourth-order valence-electron chi connectivity index (χ4n) is 1.10. The standard InChI is InChI=1S/C7H10N2O4S2/c1-14(10,11)5-3-2-4-6(7(5)8)15(9,12)13/h2-4H,8H2,1H3,(H2,9,12,13). The van der Waals surface area contributed by atoms with Crippen LogP contribution in [0.15, 0.2) is 28.0 Å². The van der Waals surface area contributed by atoms with Crippen LogP contribution in [0, 0.1) is 0 Å². The lowest BCUT2D eigenvalue weighted by atomic mass is 10.3. The summed E-state index contributed by atoms with van der Waals surface area (Å²) in [6.07, 6.45) is 0.936. The Morgan fingerprint density at radius 3 is 1.93 bits per heavy atom. The smallest absolute Gasteiger partial charge is 0.240 e. The summed E-state index contributed by atoms with van der Waals surface area (Å²) >= 11 is 0. The van der Waals surface area contributed by atoms with Gasteiger partial charge in [0.2, 0.25) is 10.0 Å². The third kappa shape index (κ3) is 2.46. The van der Waals surface area contributed by atoms with Crippen molar-refractivity contribution in [1.82, 2.24) is 0 Å². The van der Waals surface area contributed by atoms with Crippen molar-refractivity contribution in [3.8, 4) is 0 Å². The Labute approximate surface area is 87.9 Å². The molecule has 0 aliphatic heterocycles. The monoisotopic (exact) mass is 250 g/mol. The van der Waals surface area contributed by atoms with Crippen molar-refractivity contribution in [1.29, 1.82) is 0 Å². The molecule has 0 unspecified atom stereocenters. The first-order valence-electron chi connectivity index (χ1n) is 3.75. The quantitative estimate of drug-likeness (QED) is 0.674. The predicted molar refractivity (Wildman–Crippen MR) is 55.3 cm³/mol. The molecule has 0 atom stereocenters. The molecule has 0 saturated heterocycles. The Bertz CT molecular complexity index is 539. The molecule has 0 amide bonds. The van der Waals surface area contributed by atoms with Crippen molar-refractivity contribution >= 4 is 25.5 Å². The fraction of sp³-hybridized carbons (Fsp3) is 0.143. The van der Waals surface area contributed by atoms with Crippen LogP contribution >= 0.6 is 0 Å². The summed E-state index contributed by atoms with van der Waals surface area (Å²) in [6, 6.07) is 3.64. The third-order valence-corrected chi connectivity index (χ3v) is 3.86. The van der Waals surface area contributed by atoms with Crippen LogP contribution < -0.4 is 10.9 Å². The van der Waals surface area contributed by atoms with E-state index in [1.807, 2.05) is 0 Å². The number of anilines is 1. The van der Waals surface area contributed by atoms with Gasteiger partial charge in [0.1, 0.15) is 4.90 Å². The van der Waals surface area contributed by atoms with Crippen molar-refractivity contribution in [2.45, 2.75) is 9.79 Å². The van der Waals surface area contributed by atoms with E-state index in [0.29, 0.717) is 0 Å². The van der Waals surface area contributed by atoms with E-state index in [1.54, 1.807) is 0 Å². The summed E-state index contributed by atoms with van der Waals surface area (Å²) in [7, 11) is -7.57. The highest BCUT2D eigenvalue weighted by molar-refractivity contribution is 7.91. The Balaban J connectivity index is 3.65. The number of nitrogen functional groups attached to an aromatic ring is 1. The molecule has 8 heteroatoms. The first-order chi connectivity index (χ1) is 6.64. The second-order valence-electron chi connectivity index (χ2n) is 2.99. The summed E-state index contributed by atoms with van der Waals surface area (Å²) in [5, 5.41) is 4.87. The highest BCUT2D eigenvalue weighted by atomic mass is 32.2. The minimum atomic E-state index is -4.01. The molecule has 0 bridgehead atoms. The van der Waals surface area contributed by atoms with E-state index in [0.717, 1.165) is 12.3 Å². The van der Waals surface area contributed by atoms with Crippen LogP contribution in [0.5, 0.6) is 0 Å². The Morgan fingerprint density at radius 2 is 1.53 bits per heavy atom. The number of hydrogen-bond donors (Lipinski definition) is 2. The van der Waals surface area contributed by atoms with Gasteiger partial charge in [-0.05, 0) is 12.1 Å². The van der Waals surface area contributed by atoms with Gasteiger partial charge in [-0.3, -0.25) is 0 Å². The van der Waals surface area contributed by atoms with Gasteiger partial charge in [-0.25, -0.2) is 22.0 Å². The zero-order valence-corrected chi connectivity index (χ0v) is 9.47. The summed E-state index contributed by atoms with van der Waals surface area (Å²) in [5.74, 6) is 0. The lowest BCUT2D eigenvalue weighted by molar-refractivity contribution is 0.597. The minimum absolute atomic E-state index is 0.242. The van der Waals surface area contributed by atoms with Crippen LogP contribution in [0.3, 0.4) is 0 Å². The van der Waals surface area contributed by atoms with Crippen LogP contribution in [-0.2, 0) is 19.9 Å². The zero-order chi connectivity index (χ0) is 11.9. The van der Waals surface area contributed by atoms with Gasteiger partial charge in [-0.15, -0.1) is 0 Å². The number of benzene rings is 1. The molecule has 0 aliphatic rings. The average molecular weight is 250 g/mol. The van der Waals surface area contributed by atoms with E-state index < -0.39 is 19.9 Å². The lowest BCUT2D eigenvalue weighted by Gasteiger charge is -2.07. The van der Waals surface area contributed by atoms with E-state index in [1.165, 1.54) is 12.1 Å². The van der Waals surface area contributed by atoms with E-state index in [2.05, 4.69) is 0 Å². The maximum atomic E-state index is 11.2.